The van der Waals surface area contributed by atoms with Crippen LogP contribution < -0.4 is 0 Å². The third-order valence-electron chi connectivity index (χ3n) is 4.95. The summed E-state index contributed by atoms with van der Waals surface area (Å²) < 4.78 is 1.18. The Kier molecular flexibility index (Phi) is 8.99. The Balaban J connectivity index is 1.78. The molecule has 2 unspecified atom stereocenters. The van der Waals surface area contributed by atoms with E-state index in [4.69, 9.17) is 0 Å². The van der Waals surface area contributed by atoms with E-state index in [1.165, 1.54) is 79.3 Å². The summed E-state index contributed by atoms with van der Waals surface area (Å²) in [6.45, 7) is 2.35. The standard InChI is InChI=1S/C20H31BrS/c1-2-7-17-8-5-3-4-6-9-18(16-17)14-15-22-20-12-10-19(21)11-13-20/h10-13,17-18H,2-9,14-16H2,1H3. The van der Waals surface area contributed by atoms with Crippen molar-refractivity contribution >= 4 is 27.7 Å². The summed E-state index contributed by atoms with van der Waals surface area (Å²) in [4.78, 5) is 1.41. The van der Waals surface area contributed by atoms with Crippen molar-refractivity contribution < 1.29 is 0 Å². The van der Waals surface area contributed by atoms with E-state index in [0.29, 0.717) is 0 Å². The number of hydrogen-bond acceptors (Lipinski definition) is 1. The van der Waals surface area contributed by atoms with Gasteiger partial charge in [-0.25, -0.2) is 0 Å². The topological polar surface area (TPSA) is 0 Å². The molecule has 0 spiro atoms. The summed E-state index contributed by atoms with van der Waals surface area (Å²) >= 11 is 5.55. The first-order chi connectivity index (χ1) is 10.8. The molecule has 1 aromatic carbocycles. The number of thioether (sulfide) groups is 1. The van der Waals surface area contributed by atoms with E-state index in [-0.39, 0.29) is 0 Å². The molecule has 2 heteroatoms. The Labute approximate surface area is 150 Å². The monoisotopic (exact) mass is 382 g/mol. The second kappa shape index (κ2) is 10.8. The summed E-state index contributed by atoms with van der Waals surface area (Å²) in [6, 6.07) is 8.77. The van der Waals surface area contributed by atoms with Gasteiger partial charge in [0, 0.05) is 9.37 Å². The van der Waals surface area contributed by atoms with Crippen LogP contribution in [0, 0.1) is 11.8 Å². The van der Waals surface area contributed by atoms with E-state index >= 15 is 0 Å². The van der Waals surface area contributed by atoms with Crippen LogP contribution in [0.4, 0.5) is 0 Å². The van der Waals surface area contributed by atoms with Crippen LogP contribution in [-0.2, 0) is 0 Å². The van der Waals surface area contributed by atoms with Crippen LogP contribution in [0.3, 0.4) is 0 Å². The van der Waals surface area contributed by atoms with Gasteiger partial charge >= 0.3 is 0 Å². The molecule has 0 aromatic heterocycles. The highest BCUT2D eigenvalue weighted by Crippen LogP contribution is 2.32. The van der Waals surface area contributed by atoms with E-state index in [0.717, 1.165) is 11.8 Å². The lowest BCUT2D eigenvalue weighted by Gasteiger charge is -2.22. The second-order valence-corrected chi connectivity index (χ2v) is 8.92. The van der Waals surface area contributed by atoms with Gasteiger partial charge in [-0.2, -0.15) is 0 Å². The normalized spacial score (nSPS) is 23.5. The van der Waals surface area contributed by atoms with E-state index in [2.05, 4.69) is 47.1 Å². The Hall–Kier alpha value is 0.0500. The Morgan fingerprint density at radius 2 is 1.59 bits per heavy atom. The largest absolute Gasteiger partial charge is 0.126 e. The SMILES string of the molecule is CCCC1CCCCCCC(CCSc2ccc(Br)cc2)C1. The number of halogens is 1. The lowest BCUT2D eigenvalue weighted by Crippen LogP contribution is -2.10. The van der Waals surface area contributed by atoms with Gasteiger partial charge in [-0.1, -0.05) is 74.2 Å². The zero-order chi connectivity index (χ0) is 15.6. The number of hydrogen-bond donors (Lipinski definition) is 0. The highest BCUT2D eigenvalue weighted by atomic mass is 79.9. The number of benzene rings is 1. The van der Waals surface area contributed by atoms with Gasteiger partial charge in [-0.15, -0.1) is 11.8 Å². The third kappa shape index (κ3) is 7.08. The maximum atomic E-state index is 3.51. The quantitative estimate of drug-likeness (QED) is 0.453. The van der Waals surface area contributed by atoms with Crippen molar-refractivity contribution in [3.63, 3.8) is 0 Å². The van der Waals surface area contributed by atoms with E-state index < -0.39 is 0 Å². The molecular formula is C20H31BrS. The predicted octanol–water partition coefficient (Wildman–Crippen LogP) is 7.71. The van der Waals surface area contributed by atoms with Crippen LogP contribution in [0.2, 0.25) is 0 Å². The van der Waals surface area contributed by atoms with Crippen LogP contribution in [-0.4, -0.2) is 5.75 Å². The smallest absolute Gasteiger partial charge is 0.0176 e. The first-order valence-electron chi connectivity index (χ1n) is 9.16. The first-order valence-corrected chi connectivity index (χ1v) is 10.9. The van der Waals surface area contributed by atoms with Crippen LogP contribution >= 0.6 is 27.7 Å². The van der Waals surface area contributed by atoms with E-state index in [1.807, 2.05) is 11.8 Å². The van der Waals surface area contributed by atoms with Gasteiger partial charge in [0.15, 0.2) is 0 Å². The fraction of sp³-hybridized carbons (Fsp3) is 0.700. The molecule has 0 heterocycles. The van der Waals surface area contributed by atoms with Crippen molar-refractivity contribution in [1.29, 1.82) is 0 Å². The van der Waals surface area contributed by atoms with Crippen molar-refractivity contribution in [3.8, 4) is 0 Å². The highest BCUT2D eigenvalue weighted by molar-refractivity contribution is 9.10. The molecule has 1 saturated carbocycles. The molecule has 1 aliphatic carbocycles. The third-order valence-corrected chi connectivity index (χ3v) is 6.52. The summed E-state index contributed by atoms with van der Waals surface area (Å²) in [5, 5.41) is 0. The molecule has 1 aromatic rings. The minimum atomic E-state index is 0.970. The average molecular weight is 383 g/mol. The lowest BCUT2D eigenvalue weighted by molar-refractivity contribution is 0.317. The average Bonchev–Trinajstić information content (AvgIpc) is 2.62. The molecular weight excluding hydrogens is 352 g/mol. The fourth-order valence-electron chi connectivity index (χ4n) is 3.73. The van der Waals surface area contributed by atoms with Crippen molar-refractivity contribution in [1.82, 2.24) is 0 Å². The zero-order valence-corrected chi connectivity index (χ0v) is 16.4. The Bertz CT molecular complexity index is 401. The molecule has 124 valence electrons. The van der Waals surface area contributed by atoms with Crippen LogP contribution in [0.15, 0.2) is 33.6 Å². The maximum Gasteiger partial charge on any atom is 0.0176 e. The highest BCUT2D eigenvalue weighted by Gasteiger charge is 2.17. The molecule has 0 aliphatic heterocycles. The molecule has 0 N–H and O–H groups in total. The van der Waals surface area contributed by atoms with Crippen molar-refractivity contribution in [2.75, 3.05) is 5.75 Å². The van der Waals surface area contributed by atoms with Crippen molar-refractivity contribution in [2.45, 2.75) is 76.0 Å². The van der Waals surface area contributed by atoms with Crippen LogP contribution in [0.5, 0.6) is 0 Å². The van der Waals surface area contributed by atoms with Gasteiger partial charge in [0.25, 0.3) is 0 Å². The van der Waals surface area contributed by atoms with Gasteiger partial charge in [0.05, 0.1) is 0 Å². The molecule has 0 saturated heterocycles. The minimum absolute atomic E-state index is 0.970. The number of rotatable bonds is 6. The van der Waals surface area contributed by atoms with Crippen LogP contribution in [0.1, 0.15) is 71.1 Å². The van der Waals surface area contributed by atoms with E-state index in [1.54, 1.807) is 0 Å². The lowest BCUT2D eigenvalue weighted by atomic mass is 9.85. The molecule has 0 radical (unpaired) electrons. The molecule has 1 aliphatic rings. The van der Waals surface area contributed by atoms with Crippen molar-refractivity contribution in [3.05, 3.63) is 28.7 Å². The second-order valence-electron chi connectivity index (χ2n) is 6.84. The van der Waals surface area contributed by atoms with Gasteiger partial charge in [-0.05, 0) is 54.7 Å². The maximum absolute atomic E-state index is 3.51. The molecule has 0 nitrogen and oxygen atoms in total. The Morgan fingerprint density at radius 1 is 0.955 bits per heavy atom. The molecule has 2 atom stereocenters. The van der Waals surface area contributed by atoms with Gasteiger partial charge in [0.2, 0.25) is 0 Å². The first kappa shape index (κ1) is 18.4. The fourth-order valence-corrected chi connectivity index (χ4v) is 5.01. The Morgan fingerprint density at radius 3 is 2.23 bits per heavy atom. The molecule has 1 fully saturated rings. The van der Waals surface area contributed by atoms with Gasteiger partial charge < -0.3 is 0 Å². The molecule has 0 amide bonds. The molecule has 0 bridgehead atoms. The predicted molar refractivity (Wildman–Crippen MR) is 104 cm³/mol. The molecule has 2 rings (SSSR count). The minimum Gasteiger partial charge on any atom is -0.126 e. The zero-order valence-electron chi connectivity index (χ0n) is 14.0. The van der Waals surface area contributed by atoms with Gasteiger partial charge in [-0.3, -0.25) is 0 Å². The summed E-state index contributed by atoms with van der Waals surface area (Å²) in [7, 11) is 0. The summed E-state index contributed by atoms with van der Waals surface area (Å²) in [5.74, 6) is 3.26. The van der Waals surface area contributed by atoms with E-state index in [9.17, 15) is 0 Å². The van der Waals surface area contributed by atoms with Crippen molar-refractivity contribution in [2.24, 2.45) is 11.8 Å². The molecule has 22 heavy (non-hydrogen) atoms. The van der Waals surface area contributed by atoms with Crippen LogP contribution in [0.25, 0.3) is 0 Å². The summed E-state index contributed by atoms with van der Waals surface area (Å²) in [5.41, 5.74) is 0. The van der Waals surface area contributed by atoms with Gasteiger partial charge in [0.1, 0.15) is 0 Å². The summed E-state index contributed by atoms with van der Waals surface area (Å²) in [6.07, 6.45) is 14.6.